The number of carbonyl (C=O) groups is 1. The monoisotopic (exact) mass is 285 g/mol. The number of nitrogens with one attached hydrogen (secondary N) is 1. The molecule has 3 heterocycles. The first-order valence-electron chi connectivity index (χ1n) is 6.65. The number of aromatic amines is 1. The second-order valence-electron chi connectivity index (χ2n) is 4.97. The van der Waals surface area contributed by atoms with Crippen molar-refractivity contribution in [2.75, 3.05) is 20.2 Å². The highest BCUT2D eigenvalue weighted by Gasteiger charge is 2.32. The number of hydrogen-bond donors (Lipinski definition) is 1. The van der Waals surface area contributed by atoms with Crippen molar-refractivity contribution >= 4 is 5.91 Å². The van der Waals surface area contributed by atoms with Crippen molar-refractivity contribution in [1.29, 1.82) is 0 Å². The van der Waals surface area contributed by atoms with Crippen molar-refractivity contribution in [2.24, 2.45) is 0 Å². The van der Waals surface area contributed by atoms with Crippen LogP contribution in [0.15, 0.2) is 41.6 Å². The molecule has 1 amide bonds. The maximum Gasteiger partial charge on any atom is 0.270 e. The van der Waals surface area contributed by atoms with Crippen molar-refractivity contribution in [3.8, 4) is 5.75 Å². The van der Waals surface area contributed by atoms with E-state index in [-0.39, 0.29) is 22.8 Å². The predicted molar refractivity (Wildman–Crippen MR) is 76.5 cm³/mol. The van der Waals surface area contributed by atoms with Gasteiger partial charge < -0.3 is 14.6 Å². The minimum absolute atomic E-state index is 0.171. The third-order valence-corrected chi connectivity index (χ3v) is 3.65. The zero-order valence-electron chi connectivity index (χ0n) is 11.6. The molecule has 21 heavy (non-hydrogen) atoms. The molecule has 2 aromatic heterocycles. The first-order valence-corrected chi connectivity index (χ1v) is 6.65. The lowest BCUT2D eigenvalue weighted by Crippen LogP contribution is -2.48. The molecule has 3 rings (SSSR count). The zero-order valence-corrected chi connectivity index (χ0v) is 11.6. The molecule has 1 N–H and O–H groups in total. The Morgan fingerprint density at radius 1 is 1.48 bits per heavy atom. The van der Waals surface area contributed by atoms with Crippen LogP contribution in [0.3, 0.4) is 0 Å². The number of pyridine rings is 2. The fraction of sp³-hybridized carbons (Fsp3) is 0.267. The maximum absolute atomic E-state index is 12.3. The average Bonchev–Trinajstić information content (AvgIpc) is 2.46. The van der Waals surface area contributed by atoms with E-state index in [1.807, 2.05) is 18.3 Å². The average molecular weight is 285 g/mol. The van der Waals surface area contributed by atoms with Gasteiger partial charge in [0.05, 0.1) is 7.11 Å². The molecule has 2 aromatic rings. The molecule has 6 nitrogen and oxygen atoms in total. The molecule has 0 saturated carbocycles. The number of likely N-dealkylation sites (tertiary alicyclic amines) is 1. The Kier molecular flexibility index (Phi) is 3.43. The van der Waals surface area contributed by atoms with Gasteiger partial charge in [0.2, 0.25) is 5.43 Å². The molecule has 0 spiro atoms. The van der Waals surface area contributed by atoms with Crippen molar-refractivity contribution < 1.29 is 9.53 Å². The lowest BCUT2D eigenvalue weighted by molar-refractivity contribution is 0.0595. The summed E-state index contributed by atoms with van der Waals surface area (Å²) in [6, 6.07) is 5.17. The van der Waals surface area contributed by atoms with E-state index in [1.165, 1.54) is 19.4 Å². The van der Waals surface area contributed by atoms with Crippen LogP contribution in [0, 0.1) is 0 Å². The Morgan fingerprint density at radius 2 is 2.29 bits per heavy atom. The van der Waals surface area contributed by atoms with Gasteiger partial charge in [-0.15, -0.1) is 0 Å². The molecule has 0 aromatic carbocycles. The minimum atomic E-state index is -0.302. The van der Waals surface area contributed by atoms with Gasteiger partial charge in [-0.05, 0) is 11.6 Å². The molecular weight excluding hydrogens is 270 g/mol. The summed E-state index contributed by atoms with van der Waals surface area (Å²) in [6.45, 7) is 1.27. The van der Waals surface area contributed by atoms with Gasteiger partial charge in [0.15, 0.2) is 5.75 Å². The molecule has 0 bridgehead atoms. The Hall–Kier alpha value is -2.63. The van der Waals surface area contributed by atoms with Crippen molar-refractivity contribution in [3.05, 3.63) is 58.3 Å². The van der Waals surface area contributed by atoms with Crippen molar-refractivity contribution in [2.45, 2.75) is 5.92 Å². The van der Waals surface area contributed by atoms with Gasteiger partial charge in [-0.2, -0.15) is 0 Å². The number of aromatic nitrogens is 2. The summed E-state index contributed by atoms with van der Waals surface area (Å²) in [6.07, 6.45) is 4.96. The van der Waals surface area contributed by atoms with Gasteiger partial charge in [0.25, 0.3) is 5.91 Å². The molecular formula is C15H15N3O3. The normalized spacial score (nSPS) is 14.6. The molecule has 0 radical (unpaired) electrons. The van der Waals surface area contributed by atoms with Crippen LogP contribution in [-0.2, 0) is 0 Å². The third-order valence-electron chi connectivity index (χ3n) is 3.65. The molecule has 0 atom stereocenters. The molecule has 0 aliphatic carbocycles. The van der Waals surface area contributed by atoms with Crippen LogP contribution in [0.1, 0.15) is 22.0 Å². The SMILES string of the molecule is COc1c[nH]c(C(=O)N2CC(c3cccnc3)C2)cc1=O. The predicted octanol–water partition coefficient (Wildman–Crippen LogP) is 1.02. The first kappa shape index (κ1) is 13.4. The minimum Gasteiger partial charge on any atom is -0.491 e. The van der Waals surface area contributed by atoms with Gasteiger partial charge >= 0.3 is 0 Å². The second-order valence-corrected chi connectivity index (χ2v) is 4.97. The number of ether oxygens (including phenoxy) is 1. The summed E-state index contributed by atoms with van der Waals surface area (Å²) < 4.78 is 4.88. The standard InChI is InChI=1S/C15H15N3O3/c1-21-14-7-17-12(5-13(14)19)15(20)18-8-11(9-18)10-3-2-4-16-6-10/h2-7,11H,8-9H2,1H3,(H,17,19). The quantitative estimate of drug-likeness (QED) is 0.913. The van der Waals surface area contributed by atoms with Crippen molar-refractivity contribution in [1.82, 2.24) is 14.9 Å². The Morgan fingerprint density at radius 3 is 2.90 bits per heavy atom. The van der Waals surface area contributed by atoms with Crippen molar-refractivity contribution in [3.63, 3.8) is 0 Å². The number of hydrogen-bond acceptors (Lipinski definition) is 4. The van der Waals surface area contributed by atoms with Crippen LogP contribution < -0.4 is 10.2 Å². The first-order chi connectivity index (χ1) is 10.2. The molecule has 0 unspecified atom stereocenters. The molecule has 1 aliphatic heterocycles. The van der Waals surface area contributed by atoms with E-state index in [1.54, 1.807) is 11.1 Å². The highest BCUT2D eigenvalue weighted by Crippen LogP contribution is 2.27. The summed E-state index contributed by atoms with van der Waals surface area (Å²) in [5.74, 6) is 0.339. The third kappa shape index (κ3) is 2.52. The van der Waals surface area contributed by atoms with E-state index in [9.17, 15) is 9.59 Å². The van der Waals surface area contributed by atoms with Crippen LogP contribution >= 0.6 is 0 Å². The number of H-pyrrole nitrogens is 1. The summed E-state index contributed by atoms with van der Waals surface area (Å²) in [7, 11) is 1.42. The molecule has 6 heteroatoms. The van der Waals surface area contributed by atoms with Crippen LogP contribution in [0.5, 0.6) is 5.75 Å². The topological polar surface area (TPSA) is 75.3 Å². The van der Waals surface area contributed by atoms with Gasteiger partial charge in [0, 0.05) is 43.7 Å². The molecule has 1 saturated heterocycles. The highest BCUT2D eigenvalue weighted by atomic mass is 16.5. The maximum atomic E-state index is 12.3. The summed E-state index contributed by atoms with van der Waals surface area (Å²) in [5.41, 5.74) is 1.11. The van der Waals surface area contributed by atoms with E-state index in [0.717, 1.165) is 5.56 Å². The number of amides is 1. The van der Waals surface area contributed by atoms with Crippen LogP contribution in [0.2, 0.25) is 0 Å². The summed E-state index contributed by atoms with van der Waals surface area (Å²) >= 11 is 0. The van der Waals surface area contributed by atoms with E-state index < -0.39 is 0 Å². The van der Waals surface area contributed by atoms with E-state index in [2.05, 4.69) is 9.97 Å². The fourth-order valence-corrected chi connectivity index (χ4v) is 2.38. The van der Waals surface area contributed by atoms with Gasteiger partial charge in [-0.1, -0.05) is 6.07 Å². The fourth-order valence-electron chi connectivity index (χ4n) is 2.38. The second kappa shape index (κ2) is 5.40. The Bertz CT molecular complexity index is 706. The Labute approximate surface area is 121 Å². The summed E-state index contributed by atoms with van der Waals surface area (Å²) in [4.78, 5) is 32.5. The van der Waals surface area contributed by atoms with Crippen LogP contribution in [0.25, 0.3) is 0 Å². The number of methoxy groups -OCH3 is 1. The van der Waals surface area contributed by atoms with E-state index >= 15 is 0 Å². The van der Waals surface area contributed by atoms with Crippen LogP contribution in [-0.4, -0.2) is 41.0 Å². The molecule has 1 aliphatic rings. The molecule has 108 valence electrons. The van der Waals surface area contributed by atoms with Gasteiger partial charge in [0.1, 0.15) is 5.69 Å². The van der Waals surface area contributed by atoms with Gasteiger partial charge in [-0.25, -0.2) is 0 Å². The molecule has 1 fully saturated rings. The number of rotatable bonds is 3. The Balaban J connectivity index is 1.68. The smallest absolute Gasteiger partial charge is 0.270 e. The highest BCUT2D eigenvalue weighted by molar-refractivity contribution is 5.93. The van der Waals surface area contributed by atoms with E-state index in [0.29, 0.717) is 19.0 Å². The number of nitrogens with zero attached hydrogens (tertiary/aromatic N) is 2. The van der Waals surface area contributed by atoms with E-state index in [4.69, 9.17) is 4.74 Å². The van der Waals surface area contributed by atoms with Gasteiger partial charge in [-0.3, -0.25) is 14.6 Å². The van der Waals surface area contributed by atoms with Crippen LogP contribution in [0.4, 0.5) is 0 Å². The lowest BCUT2D eigenvalue weighted by atomic mass is 9.92. The number of carbonyl (C=O) groups excluding carboxylic acids is 1. The lowest BCUT2D eigenvalue weighted by Gasteiger charge is -2.39. The largest absolute Gasteiger partial charge is 0.491 e. The summed E-state index contributed by atoms with van der Waals surface area (Å²) in [5, 5.41) is 0. The zero-order chi connectivity index (χ0) is 14.8.